The van der Waals surface area contributed by atoms with Crippen molar-refractivity contribution in [2.75, 3.05) is 39.9 Å². The summed E-state index contributed by atoms with van der Waals surface area (Å²) in [7, 11) is 1.99. The van der Waals surface area contributed by atoms with E-state index < -0.39 is 11.8 Å². The first-order valence-electron chi connectivity index (χ1n) is 9.10. The zero-order chi connectivity index (χ0) is 18.9. The van der Waals surface area contributed by atoms with Crippen LogP contribution in [0.3, 0.4) is 0 Å². The average Bonchev–Trinajstić information content (AvgIpc) is 3.11. The number of hydrogen-bond acceptors (Lipinski definition) is 3. The Hall–Kier alpha value is -1.42. The summed E-state index contributed by atoms with van der Waals surface area (Å²) in [6.07, 6.45) is 1.50. The Balaban J connectivity index is 0.00000364. The summed E-state index contributed by atoms with van der Waals surface area (Å²) >= 11 is 0. The van der Waals surface area contributed by atoms with Crippen molar-refractivity contribution in [1.29, 1.82) is 0 Å². The van der Waals surface area contributed by atoms with Crippen molar-refractivity contribution in [3.63, 3.8) is 0 Å². The van der Waals surface area contributed by atoms with E-state index >= 15 is 0 Å². The molecule has 6 nitrogen and oxygen atoms in total. The van der Waals surface area contributed by atoms with Crippen LogP contribution in [0.5, 0.6) is 0 Å². The van der Waals surface area contributed by atoms with Crippen LogP contribution in [-0.4, -0.2) is 56.7 Å². The van der Waals surface area contributed by atoms with Crippen LogP contribution in [-0.2, 0) is 16.0 Å². The third-order valence-corrected chi connectivity index (χ3v) is 4.51. The van der Waals surface area contributed by atoms with E-state index in [2.05, 4.69) is 15.2 Å². The molecule has 2 atom stereocenters. The molecule has 0 aliphatic carbocycles. The summed E-state index contributed by atoms with van der Waals surface area (Å²) < 4.78 is 18.5. The molecular formula is C19H30FIN4O2. The summed E-state index contributed by atoms with van der Waals surface area (Å²) in [4.78, 5) is 18.5. The second-order valence-electron chi connectivity index (χ2n) is 6.73. The van der Waals surface area contributed by atoms with Crippen molar-refractivity contribution in [1.82, 2.24) is 10.2 Å². The number of carbonyl (C=O) groups is 1. The molecule has 0 saturated carbocycles. The topological polar surface area (TPSA) is 79.9 Å². The highest BCUT2D eigenvalue weighted by molar-refractivity contribution is 14.0. The highest BCUT2D eigenvalue weighted by Crippen LogP contribution is 2.14. The molecule has 8 heteroatoms. The first-order chi connectivity index (χ1) is 12.5. The van der Waals surface area contributed by atoms with Crippen molar-refractivity contribution < 1.29 is 13.9 Å². The van der Waals surface area contributed by atoms with Crippen molar-refractivity contribution in [2.45, 2.75) is 19.8 Å². The van der Waals surface area contributed by atoms with Gasteiger partial charge in [-0.2, -0.15) is 0 Å². The normalized spacial score (nSPS) is 17.9. The predicted octanol–water partition coefficient (Wildman–Crippen LogP) is 2.02. The largest absolute Gasteiger partial charge is 0.381 e. The van der Waals surface area contributed by atoms with Crippen LogP contribution in [0.4, 0.5) is 4.39 Å². The van der Waals surface area contributed by atoms with E-state index in [1.165, 1.54) is 12.1 Å². The van der Waals surface area contributed by atoms with Crippen LogP contribution in [0.15, 0.2) is 29.3 Å². The molecule has 27 heavy (non-hydrogen) atoms. The second-order valence-corrected chi connectivity index (χ2v) is 6.73. The zero-order valence-electron chi connectivity index (χ0n) is 16.0. The Morgan fingerprint density at radius 3 is 2.70 bits per heavy atom. The van der Waals surface area contributed by atoms with Crippen molar-refractivity contribution >= 4 is 35.8 Å². The molecule has 1 heterocycles. The second kappa shape index (κ2) is 12.1. The molecule has 2 rings (SSSR count). The van der Waals surface area contributed by atoms with Crippen LogP contribution < -0.4 is 11.1 Å². The van der Waals surface area contributed by atoms with Gasteiger partial charge in [0.05, 0.1) is 19.1 Å². The highest BCUT2D eigenvalue weighted by atomic mass is 127. The summed E-state index contributed by atoms with van der Waals surface area (Å²) in [6, 6.07) is 6.12. The maximum absolute atomic E-state index is 13.0. The van der Waals surface area contributed by atoms with E-state index in [1.54, 1.807) is 12.1 Å². The third-order valence-electron chi connectivity index (χ3n) is 4.51. The Bertz CT molecular complexity index is 606. The number of guanidine groups is 1. The van der Waals surface area contributed by atoms with E-state index in [4.69, 9.17) is 10.5 Å². The van der Waals surface area contributed by atoms with Crippen LogP contribution in [0, 0.1) is 17.7 Å². The van der Waals surface area contributed by atoms with Crippen LogP contribution in [0.1, 0.15) is 18.9 Å². The van der Waals surface area contributed by atoms with Gasteiger partial charge in [0, 0.05) is 32.7 Å². The molecule has 1 aromatic carbocycles. The summed E-state index contributed by atoms with van der Waals surface area (Å²) in [5.41, 5.74) is 6.42. The van der Waals surface area contributed by atoms with Gasteiger partial charge in [0.2, 0.25) is 5.91 Å². The number of aliphatic imine (C=N–C) groups is 1. The molecule has 152 valence electrons. The summed E-state index contributed by atoms with van der Waals surface area (Å²) in [5.74, 6) is 0.118. The molecule has 1 saturated heterocycles. The fraction of sp³-hybridized carbons (Fsp3) is 0.579. The Morgan fingerprint density at radius 2 is 2.15 bits per heavy atom. The lowest BCUT2D eigenvalue weighted by Crippen LogP contribution is -2.42. The first kappa shape index (κ1) is 23.6. The van der Waals surface area contributed by atoms with Gasteiger partial charge in [-0.1, -0.05) is 12.1 Å². The average molecular weight is 492 g/mol. The summed E-state index contributed by atoms with van der Waals surface area (Å²) in [6.45, 7) is 5.48. The van der Waals surface area contributed by atoms with Gasteiger partial charge in [0.15, 0.2) is 5.96 Å². The van der Waals surface area contributed by atoms with E-state index in [1.807, 2.05) is 14.0 Å². The van der Waals surface area contributed by atoms with Crippen LogP contribution in [0.25, 0.3) is 0 Å². The summed E-state index contributed by atoms with van der Waals surface area (Å²) in [5, 5.41) is 3.26. The molecule has 2 unspecified atom stereocenters. The molecule has 0 spiro atoms. The minimum absolute atomic E-state index is 0. The lowest BCUT2D eigenvalue weighted by atomic mass is 9.99. The number of nitrogens with zero attached hydrogens (tertiary/aromatic N) is 2. The number of nitrogens with one attached hydrogen (secondary N) is 1. The number of carbonyl (C=O) groups excluding carboxylic acids is 1. The van der Waals surface area contributed by atoms with Gasteiger partial charge in [-0.15, -0.1) is 24.0 Å². The van der Waals surface area contributed by atoms with E-state index in [9.17, 15) is 9.18 Å². The SMILES string of the molecule is CCNC(=NCC(Cc1ccc(F)cc1)C(N)=O)N(C)CC1CCOC1.I. The zero-order valence-corrected chi connectivity index (χ0v) is 18.3. The number of hydrogen-bond donors (Lipinski definition) is 2. The number of rotatable bonds is 8. The minimum atomic E-state index is -0.433. The van der Waals surface area contributed by atoms with Crippen molar-refractivity contribution in [3.8, 4) is 0 Å². The maximum atomic E-state index is 13.0. The highest BCUT2D eigenvalue weighted by Gasteiger charge is 2.20. The maximum Gasteiger partial charge on any atom is 0.222 e. The van der Waals surface area contributed by atoms with Gasteiger partial charge in [-0.25, -0.2) is 4.39 Å². The quantitative estimate of drug-likeness (QED) is 0.331. The van der Waals surface area contributed by atoms with Gasteiger partial charge in [0.1, 0.15) is 5.82 Å². The van der Waals surface area contributed by atoms with Gasteiger partial charge < -0.3 is 20.7 Å². The lowest BCUT2D eigenvalue weighted by molar-refractivity contribution is -0.121. The number of primary amides is 1. The fourth-order valence-electron chi connectivity index (χ4n) is 3.03. The number of halogens is 2. The number of ether oxygens (including phenoxy) is 1. The molecule has 0 aromatic heterocycles. The van der Waals surface area contributed by atoms with Gasteiger partial charge >= 0.3 is 0 Å². The fourth-order valence-corrected chi connectivity index (χ4v) is 3.03. The lowest BCUT2D eigenvalue weighted by Gasteiger charge is -2.25. The van der Waals surface area contributed by atoms with Gasteiger partial charge in [-0.05, 0) is 37.5 Å². The molecule has 0 bridgehead atoms. The predicted molar refractivity (Wildman–Crippen MR) is 116 cm³/mol. The molecular weight excluding hydrogens is 462 g/mol. The molecule has 3 N–H and O–H groups in total. The Morgan fingerprint density at radius 1 is 1.44 bits per heavy atom. The standard InChI is InChI=1S/C19H29FN4O2.HI/c1-3-22-19(24(2)12-15-8-9-26-13-15)23-11-16(18(21)25)10-14-4-6-17(20)7-5-14;/h4-7,15-16H,3,8-13H2,1-2H3,(H2,21,25)(H,22,23);1H. The van der Waals surface area contributed by atoms with E-state index in [0.29, 0.717) is 18.9 Å². The Labute approximate surface area is 177 Å². The van der Waals surface area contributed by atoms with Gasteiger partial charge in [0.25, 0.3) is 0 Å². The third kappa shape index (κ3) is 8.00. The molecule has 1 aliphatic heterocycles. The first-order valence-corrected chi connectivity index (χ1v) is 9.10. The monoisotopic (exact) mass is 492 g/mol. The minimum Gasteiger partial charge on any atom is -0.381 e. The van der Waals surface area contributed by atoms with Crippen molar-refractivity contribution in [3.05, 3.63) is 35.6 Å². The van der Waals surface area contributed by atoms with E-state index in [-0.39, 0.29) is 29.8 Å². The van der Waals surface area contributed by atoms with Gasteiger partial charge in [-0.3, -0.25) is 9.79 Å². The molecule has 0 radical (unpaired) electrons. The number of nitrogens with two attached hydrogens (primary N) is 1. The van der Waals surface area contributed by atoms with Crippen molar-refractivity contribution in [2.24, 2.45) is 22.6 Å². The molecule has 1 amide bonds. The number of amides is 1. The molecule has 1 aliphatic rings. The Kier molecular flexibility index (Phi) is 10.6. The molecule has 1 fully saturated rings. The number of benzene rings is 1. The van der Waals surface area contributed by atoms with E-state index in [0.717, 1.165) is 44.2 Å². The smallest absolute Gasteiger partial charge is 0.222 e. The van der Waals surface area contributed by atoms with Crippen LogP contribution >= 0.6 is 24.0 Å². The molecule has 1 aromatic rings. The van der Waals surface area contributed by atoms with Crippen LogP contribution in [0.2, 0.25) is 0 Å².